The van der Waals surface area contributed by atoms with Crippen LogP contribution in [0.1, 0.15) is 19.4 Å². The van der Waals surface area contributed by atoms with Crippen molar-refractivity contribution >= 4 is 29.9 Å². The van der Waals surface area contributed by atoms with Crippen LogP contribution in [0.3, 0.4) is 0 Å². The number of halogens is 1. The van der Waals surface area contributed by atoms with Crippen LogP contribution in [0.15, 0.2) is 23.2 Å². The minimum absolute atomic E-state index is 0. The largest absolute Gasteiger partial charge is 0.454 e. The van der Waals surface area contributed by atoms with Crippen molar-refractivity contribution in [2.45, 2.75) is 26.4 Å². The SMILES string of the molecule is CN=C(NCc1ccc2c(c1)OCO2)NCC(C(C)C)N1CCOCC1.I. The van der Waals surface area contributed by atoms with E-state index < -0.39 is 0 Å². The summed E-state index contributed by atoms with van der Waals surface area (Å²) < 4.78 is 16.3. The number of nitrogens with one attached hydrogen (secondary N) is 2. The number of rotatable bonds is 6. The molecule has 2 aliphatic heterocycles. The van der Waals surface area contributed by atoms with Gasteiger partial charge in [0.05, 0.1) is 13.2 Å². The average molecular weight is 490 g/mol. The highest BCUT2D eigenvalue weighted by atomic mass is 127. The van der Waals surface area contributed by atoms with Gasteiger partial charge in [-0.05, 0) is 23.6 Å². The number of fused-ring (bicyclic) bond motifs is 1. The summed E-state index contributed by atoms with van der Waals surface area (Å²) in [6.07, 6.45) is 0. The number of ether oxygens (including phenoxy) is 3. The topological polar surface area (TPSA) is 67.4 Å². The lowest BCUT2D eigenvalue weighted by Crippen LogP contribution is -2.52. The van der Waals surface area contributed by atoms with E-state index in [1.165, 1.54) is 0 Å². The standard InChI is InChI=1S/C19H30N4O3.HI/c1-14(2)16(23-6-8-24-9-7-23)12-22-19(20-3)21-11-15-4-5-17-18(10-15)26-13-25-17;/h4-5,10,14,16H,6-9,11-13H2,1-3H3,(H2,20,21,22);1H. The molecule has 0 saturated carbocycles. The van der Waals surface area contributed by atoms with Crippen molar-refractivity contribution in [2.75, 3.05) is 46.7 Å². The van der Waals surface area contributed by atoms with E-state index in [0.717, 1.165) is 55.9 Å². The zero-order valence-electron chi connectivity index (χ0n) is 16.4. The molecule has 27 heavy (non-hydrogen) atoms. The summed E-state index contributed by atoms with van der Waals surface area (Å²) in [5.74, 6) is 2.98. The van der Waals surface area contributed by atoms with Crippen molar-refractivity contribution in [1.82, 2.24) is 15.5 Å². The maximum atomic E-state index is 5.48. The average Bonchev–Trinajstić information content (AvgIpc) is 3.13. The summed E-state index contributed by atoms with van der Waals surface area (Å²) in [5.41, 5.74) is 1.13. The fourth-order valence-corrected chi connectivity index (χ4v) is 3.35. The first-order valence-electron chi connectivity index (χ1n) is 9.32. The molecule has 1 aromatic carbocycles. The third-order valence-electron chi connectivity index (χ3n) is 4.88. The van der Waals surface area contributed by atoms with Crippen LogP contribution in [0.5, 0.6) is 11.5 Å². The third kappa shape index (κ3) is 6.11. The maximum Gasteiger partial charge on any atom is 0.231 e. The molecule has 8 heteroatoms. The van der Waals surface area contributed by atoms with E-state index in [0.29, 0.717) is 25.3 Å². The van der Waals surface area contributed by atoms with Crippen LogP contribution in [0.2, 0.25) is 0 Å². The number of hydrogen-bond donors (Lipinski definition) is 2. The van der Waals surface area contributed by atoms with Gasteiger partial charge in [0.15, 0.2) is 17.5 Å². The normalized spacial score (nSPS) is 18.1. The number of guanidine groups is 1. The second-order valence-corrected chi connectivity index (χ2v) is 6.95. The molecule has 0 bridgehead atoms. The predicted octanol–water partition coefficient (Wildman–Crippen LogP) is 2.06. The summed E-state index contributed by atoms with van der Waals surface area (Å²) >= 11 is 0. The molecule has 1 unspecified atom stereocenters. The van der Waals surface area contributed by atoms with E-state index >= 15 is 0 Å². The molecule has 1 saturated heterocycles. The Labute approximate surface area is 178 Å². The van der Waals surface area contributed by atoms with Gasteiger partial charge in [-0.2, -0.15) is 0 Å². The van der Waals surface area contributed by atoms with E-state index in [1.807, 2.05) is 18.2 Å². The first kappa shape index (κ1) is 22.0. The molecule has 0 spiro atoms. The third-order valence-corrected chi connectivity index (χ3v) is 4.88. The van der Waals surface area contributed by atoms with Crippen LogP contribution >= 0.6 is 24.0 Å². The lowest BCUT2D eigenvalue weighted by Gasteiger charge is -2.37. The minimum Gasteiger partial charge on any atom is -0.454 e. The Morgan fingerprint density at radius 2 is 1.89 bits per heavy atom. The van der Waals surface area contributed by atoms with Crippen LogP contribution < -0.4 is 20.1 Å². The van der Waals surface area contributed by atoms with Gasteiger partial charge in [0.1, 0.15) is 0 Å². The molecule has 1 aromatic rings. The van der Waals surface area contributed by atoms with Crippen molar-refractivity contribution in [3.05, 3.63) is 23.8 Å². The Morgan fingerprint density at radius 1 is 1.15 bits per heavy atom. The van der Waals surface area contributed by atoms with Gasteiger partial charge in [-0.15, -0.1) is 24.0 Å². The molecular weight excluding hydrogens is 459 g/mol. The molecule has 2 heterocycles. The zero-order valence-corrected chi connectivity index (χ0v) is 18.7. The lowest BCUT2D eigenvalue weighted by molar-refractivity contribution is 0.00752. The molecule has 0 aliphatic carbocycles. The molecule has 1 atom stereocenters. The molecule has 0 aromatic heterocycles. The number of morpholine rings is 1. The summed E-state index contributed by atoms with van der Waals surface area (Å²) in [6, 6.07) is 6.46. The molecule has 0 amide bonds. The highest BCUT2D eigenvalue weighted by Gasteiger charge is 2.23. The Hall–Kier alpha value is -1.26. The van der Waals surface area contributed by atoms with Crippen LogP contribution in [-0.2, 0) is 11.3 Å². The van der Waals surface area contributed by atoms with Gasteiger partial charge in [-0.1, -0.05) is 19.9 Å². The molecule has 0 radical (unpaired) electrons. The Bertz CT molecular complexity index is 621. The fourth-order valence-electron chi connectivity index (χ4n) is 3.35. The molecule has 152 valence electrons. The summed E-state index contributed by atoms with van der Waals surface area (Å²) in [4.78, 5) is 6.85. The fraction of sp³-hybridized carbons (Fsp3) is 0.632. The van der Waals surface area contributed by atoms with E-state index in [1.54, 1.807) is 7.05 Å². The number of benzene rings is 1. The Balaban J connectivity index is 0.00000261. The van der Waals surface area contributed by atoms with Crippen LogP contribution in [0.4, 0.5) is 0 Å². The first-order valence-corrected chi connectivity index (χ1v) is 9.32. The smallest absolute Gasteiger partial charge is 0.231 e. The van der Waals surface area contributed by atoms with Crippen molar-refractivity contribution in [3.8, 4) is 11.5 Å². The van der Waals surface area contributed by atoms with Crippen LogP contribution in [0, 0.1) is 5.92 Å². The van der Waals surface area contributed by atoms with Crippen LogP contribution in [0.25, 0.3) is 0 Å². The molecule has 2 N–H and O–H groups in total. The summed E-state index contributed by atoms with van der Waals surface area (Å²) in [5, 5.41) is 6.84. The van der Waals surface area contributed by atoms with E-state index in [2.05, 4.69) is 34.4 Å². The second-order valence-electron chi connectivity index (χ2n) is 6.95. The minimum atomic E-state index is 0. The van der Waals surface area contributed by atoms with E-state index in [9.17, 15) is 0 Å². The van der Waals surface area contributed by atoms with Gasteiger partial charge in [-0.25, -0.2) is 0 Å². The predicted molar refractivity (Wildman–Crippen MR) is 117 cm³/mol. The monoisotopic (exact) mass is 490 g/mol. The van der Waals surface area contributed by atoms with Gasteiger partial charge in [0.25, 0.3) is 0 Å². The van der Waals surface area contributed by atoms with Gasteiger partial charge in [-0.3, -0.25) is 9.89 Å². The molecule has 3 rings (SSSR count). The molecule has 7 nitrogen and oxygen atoms in total. The summed E-state index contributed by atoms with van der Waals surface area (Å²) in [6.45, 7) is 10.0. The quantitative estimate of drug-likeness (QED) is 0.362. The highest BCUT2D eigenvalue weighted by Crippen LogP contribution is 2.32. The Morgan fingerprint density at radius 3 is 2.59 bits per heavy atom. The molecule has 2 aliphatic rings. The van der Waals surface area contributed by atoms with Crippen molar-refractivity contribution in [1.29, 1.82) is 0 Å². The number of nitrogens with zero attached hydrogens (tertiary/aromatic N) is 2. The number of aliphatic imine (C=N–C) groups is 1. The lowest BCUT2D eigenvalue weighted by atomic mass is 10.0. The first-order chi connectivity index (χ1) is 12.7. The van der Waals surface area contributed by atoms with Gasteiger partial charge >= 0.3 is 0 Å². The van der Waals surface area contributed by atoms with E-state index in [4.69, 9.17) is 14.2 Å². The van der Waals surface area contributed by atoms with Crippen LogP contribution in [-0.4, -0.2) is 63.6 Å². The summed E-state index contributed by atoms with van der Waals surface area (Å²) in [7, 11) is 1.80. The molecule has 1 fully saturated rings. The van der Waals surface area contributed by atoms with Gasteiger partial charge in [0.2, 0.25) is 6.79 Å². The van der Waals surface area contributed by atoms with Crippen molar-refractivity contribution in [3.63, 3.8) is 0 Å². The maximum absolute atomic E-state index is 5.48. The van der Waals surface area contributed by atoms with Crippen molar-refractivity contribution in [2.24, 2.45) is 10.9 Å². The van der Waals surface area contributed by atoms with Crippen molar-refractivity contribution < 1.29 is 14.2 Å². The molecular formula is C19H31IN4O3. The zero-order chi connectivity index (χ0) is 18.4. The van der Waals surface area contributed by atoms with Gasteiger partial charge < -0.3 is 24.8 Å². The second kappa shape index (κ2) is 10.9. The highest BCUT2D eigenvalue weighted by molar-refractivity contribution is 14.0. The number of hydrogen-bond acceptors (Lipinski definition) is 5. The van der Waals surface area contributed by atoms with Gasteiger partial charge in [0, 0.05) is 39.3 Å². The Kier molecular flexibility index (Phi) is 8.91. The van der Waals surface area contributed by atoms with E-state index in [-0.39, 0.29) is 24.0 Å².